The van der Waals surface area contributed by atoms with Gasteiger partial charge in [0.05, 0.1) is 13.0 Å². The molecule has 0 radical (unpaired) electrons. The molecule has 1 aliphatic carbocycles. The number of fused-ring (bicyclic) bond motifs is 1. The van der Waals surface area contributed by atoms with Crippen molar-refractivity contribution < 1.29 is 13.5 Å². The zero-order valence-corrected chi connectivity index (χ0v) is 10.5. The fraction of sp³-hybridized carbons (Fsp3) is 0.571. The molecular weight excluding hydrogens is 222 g/mol. The molecule has 0 aliphatic heterocycles. The van der Waals surface area contributed by atoms with Gasteiger partial charge in [-0.05, 0) is 24.0 Å². The first-order valence-electron chi connectivity index (χ1n) is 6.01. The predicted octanol–water partition coefficient (Wildman–Crippen LogP) is 4.02. The van der Waals surface area contributed by atoms with Crippen LogP contribution in [-0.2, 0) is 6.42 Å². The highest BCUT2D eigenvalue weighted by atomic mass is 19.3. The highest BCUT2D eigenvalue weighted by Gasteiger charge is 2.47. The lowest BCUT2D eigenvalue weighted by Gasteiger charge is -2.36. The van der Waals surface area contributed by atoms with Crippen LogP contribution in [0.15, 0.2) is 18.2 Å². The maximum absolute atomic E-state index is 14.1. The van der Waals surface area contributed by atoms with Crippen molar-refractivity contribution in [3.05, 3.63) is 29.3 Å². The number of alkyl halides is 2. The molecule has 94 valence electrons. The number of rotatable bonds is 2. The Hall–Kier alpha value is -1.12. The van der Waals surface area contributed by atoms with E-state index in [0.29, 0.717) is 17.7 Å². The fourth-order valence-electron chi connectivity index (χ4n) is 2.83. The molecule has 0 amide bonds. The average Bonchev–Trinajstić information content (AvgIpc) is 2.26. The lowest BCUT2D eigenvalue weighted by Crippen LogP contribution is -2.35. The number of ether oxygens (including phenoxy) is 1. The highest BCUT2D eigenvalue weighted by Crippen LogP contribution is 2.49. The standard InChI is InChI=1S/C14H18F2O/c1-9(2)13-12-10(7-8-14(13,15)16)5-4-6-11(12)17-3/h4-6,9,13H,7-8H2,1-3H3. The molecule has 0 heterocycles. The SMILES string of the molecule is COc1cccc2c1C(C(C)C)C(F)(F)CC2. The van der Waals surface area contributed by atoms with Crippen molar-refractivity contribution in [2.24, 2.45) is 5.92 Å². The van der Waals surface area contributed by atoms with Crippen LogP contribution < -0.4 is 4.74 Å². The third-order valence-electron chi connectivity index (χ3n) is 3.54. The van der Waals surface area contributed by atoms with Crippen LogP contribution in [0.3, 0.4) is 0 Å². The summed E-state index contributed by atoms with van der Waals surface area (Å²) in [6.45, 7) is 3.69. The summed E-state index contributed by atoms with van der Waals surface area (Å²) in [6.07, 6.45) is 0.374. The summed E-state index contributed by atoms with van der Waals surface area (Å²) in [5.74, 6) is -2.86. The second kappa shape index (κ2) is 4.28. The summed E-state index contributed by atoms with van der Waals surface area (Å²) >= 11 is 0. The maximum atomic E-state index is 14.1. The molecule has 0 spiro atoms. The molecule has 0 fully saturated rings. The van der Waals surface area contributed by atoms with Crippen LogP contribution in [-0.4, -0.2) is 13.0 Å². The summed E-state index contributed by atoms with van der Waals surface area (Å²) in [6, 6.07) is 5.58. The third-order valence-corrected chi connectivity index (χ3v) is 3.54. The van der Waals surface area contributed by atoms with Gasteiger partial charge in [-0.1, -0.05) is 26.0 Å². The summed E-state index contributed by atoms with van der Waals surface area (Å²) in [5, 5.41) is 0. The summed E-state index contributed by atoms with van der Waals surface area (Å²) < 4.78 is 33.4. The molecular formula is C14H18F2O. The maximum Gasteiger partial charge on any atom is 0.255 e. The van der Waals surface area contributed by atoms with Crippen LogP contribution in [0.2, 0.25) is 0 Å². The minimum atomic E-state index is -2.63. The van der Waals surface area contributed by atoms with Gasteiger partial charge in [0.25, 0.3) is 5.92 Å². The largest absolute Gasteiger partial charge is 0.496 e. The molecule has 0 saturated carbocycles. The molecule has 1 aromatic carbocycles. The van der Waals surface area contributed by atoms with E-state index >= 15 is 0 Å². The van der Waals surface area contributed by atoms with E-state index in [-0.39, 0.29) is 12.3 Å². The Bertz CT molecular complexity index is 398. The molecule has 0 saturated heterocycles. The molecule has 0 aromatic heterocycles. The van der Waals surface area contributed by atoms with E-state index in [1.165, 1.54) is 0 Å². The zero-order chi connectivity index (χ0) is 12.6. The molecule has 1 atom stereocenters. The van der Waals surface area contributed by atoms with Gasteiger partial charge >= 0.3 is 0 Å². The first kappa shape index (κ1) is 12.3. The van der Waals surface area contributed by atoms with Crippen LogP contribution >= 0.6 is 0 Å². The lowest BCUT2D eigenvalue weighted by atomic mass is 9.74. The van der Waals surface area contributed by atoms with E-state index < -0.39 is 11.8 Å². The Kier molecular flexibility index (Phi) is 3.11. The molecule has 2 rings (SSSR count). The molecule has 3 heteroatoms. The van der Waals surface area contributed by atoms with Gasteiger partial charge in [0.2, 0.25) is 0 Å². The van der Waals surface area contributed by atoms with Crippen molar-refractivity contribution in [1.29, 1.82) is 0 Å². The van der Waals surface area contributed by atoms with Crippen LogP contribution in [0, 0.1) is 5.92 Å². The summed E-state index contributed by atoms with van der Waals surface area (Å²) in [7, 11) is 1.54. The van der Waals surface area contributed by atoms with Crippen molar-refractivity contribution in [2.75, 3.05) is 7.11 Å². The number of hydrogen-bond donors (Lipinski definition) is 0. The number of aryl methyl sites for hydroxylation is 1. The molecule has 1 nitrogen and oxygen atoms in total. The van der Waals surface area contributed by atoms with Gasteiger partial charge in [-0.25, -0.2) is 8.78 Å². The van der Waals surface area contributed by atoms with Crippen LogP contribution in [0.25, 0.3) is 0 Å². The molecule has 1 aromatic rings. The Morgan fingerprint density at radius 3 is 2.65 bits per heavy atom. The van der Waals surface area contributed by atoms with E-state index in [2.05, 4.69) is 0 Å². The van der Waals surface area contributed by atoms with Crippen LogP contribution in [0.4, 0.5) is 8.78 Å². The first-order valence-corrected chi connectivity index (χ1v) is 6.01. The van der Waals surface area contributed by atoms with Crippen molar-refractivity contribution in [1.82, 2.24) is 0 Å². The molecule has 0 bridgehead atoms. The highest BCUT2D eigenvalue weighted by molar-refractivity contribution is 5.46. The Balaban J connectivity index is 2.58. The number of methoxy groups -OCH3 is 1. The molecule has 17 heavy (non-hydrogen) atoms. The van der Waals surface area contributed by atoms with Crippen LogP contribution in [0.1, 0.15) is 37.3 Å². The molecule has 1 aliphatic rings. The fourth-order valence-corrected chi connectivity index (χ4v) is 2.83. The van der Waals surface area contributed by atoms with Gasteiger partial charge in [-0.2, -0.15) is 0 Å². The smallest absolute Gasteiger partial charge is 0.255 e. The second-order valence-electron chi connectivity index (χ2n) is 5.02. The monoisotopic (exact) mass is 240 g/mol. The number of halogens is 2. The predicted molar refractivity (Wildman–Crippen MR) is 63.8 cm³/mol. The van der Waals surface area contributed by atoms with Gasteiger partial charge in [0.1, 0.15) is 5.75 Å². The Morgan fingerprint density at radius 1 is 1.35 bits per heavy atom. The minimum Gasteiger partial charge on any atom is -0.496 e. The zero-order valence-electron chi connectivity index (χ0n) is 10.5. The minimum absolute atomic E-state index is 0.0595. The lowest BCUT2D eigenvalue weighted by molar-refractivity contribution is -0.0555. The normalized spacial score (nSPS) is 22.4. The van der Waals surface area contributed by atoms with Crippen LogP contribution in [0.5, 0.6) is 5.75 Å². The Labute approximate surface area is 101 Å². The van der Waals surface area contributed by atoms with Crippen molar-refractivity contribution in [2.45, 2.75) is 38.5 Å². The average molecular weight is 240 g/mol. The van der Waals surface area contributed by atoms with Gasteiger partial charge in [0, 0.05) is 12.0 Å². The van der Waals surface area contributed by atoms with E-state index in [0.717, 1.165) is 5.56 Å². The quantitative estimate of drug-likeness (QED) is 0.758. The molecule has 0 N–H and O–H groups in total. The number of hydrogen-bond acceptors (Lipinski definition) is 1. The Morgan fingerprint density at radius 2 is 2.06 bits per heavy atom. The summed E-state index contributed by atoms with van der Waals surface area (Å²) in [5.41, 5.74) is 1.72. The summed E-state index contributed by atoms with van der Waals surface area (Å²) in [4.78, 5) is 0. The first-order chi connectivity index (χ1) is 7.97. The van der Waals surface area contributed by atoms with E-state index in [1.807, 2.05) is 26.0 Å². The van der Waals surface area contributed by atoms with Gasteiger partial charge < -0.3 is 4.74 Å². The van der Waals surface area contributed by atoms with Crippen molar-refractivity contribution >= 4 is 0 Å². The van der Waals surface area contributed by atoms with Gasteiger partial charge in [-0.15, -0.1) is 0 Å². The topological polar surface area (TPSA) is 9.23 Å². The van der Waals surface area contributed by atoms with Gasteiger partial charge in [0.15, 0.2) is 0 Å². The second-order valence-corrected chi connectivity index (χ2v) is 5.02. The van der Waals surface area contributed by atoms with Gasteiger partial charge in [-0.3, -0.25) is 0 Å². The number of benzene rings is 1. The van der Waals surface area contributed by atoms with E-state index in [4.69, 9.17) is 4.74 Å². The van der Waals surface area contributed by atoms with E-state index in [9.17, 15) is 8.78 Å². The van der Waals surface area contributed by atoms with Crippen molar-refractivity contribution in [3.63, 3.8) is 0 Å². The van der Waals surface area contributed by atoms with E-state index in [1.54, 1.807) is 13.2 Å². The third kappa shape index (κ3) is 2.03. The van der Waals surface area contributed by atoms with Crippen molar-refractivity contribution in [3.8, 4) is 5.75 Å². The molecule has 1 unspecified atom stereocenters.